The number of hydrogen-bond donors (Lipinski definition) is 1. The third-order valence-electron chi connectivity index (χ3n) is 4.17. The second-order valence-corrected chi connectivity index (χ2v) is 5.70. The van der Waals surface area contributed by atoms with Gasteiger partial charge in [-0.25, -0.2) is 0 Å². The fourth-order valence-electron chi connectivity index (χ4n) is 2.92. The molecule has 23 heavy (non-hydrogen) atoms. The van der Waals surface area contributed by atoms with Crippen LogP contribution >= 0.6 is 0 Å². The number of fused-ring (bicyclic) bond motifs is 1. The van der Waals surface area contributed by atoms with Crippen molar-refractivity contribution in [3.8, 4) is 0 Å². The van der Waals surface area contributed by atoms with Crippen LogP contribution in [0.4, 0.5) is 5.69 Å². The van der Waals surface area contributed by atoms with Crippen LogP contribution in [-0.2, 0) is 17.6 Å². The van der Waals surface area contributed by atoms with Gasteiger partial charge in [-0.05, 0) is 40.8 Å². The third-order valence-corrected chi connectivity index (χ3v) is 4.17. The number of rotatable bonds is 5. The minimum atomic E-state index is 0.0684. The van der Waals surface area contributed by atoms with Gasteiger partial charge in [0.25, 0.3) is 0 Å². The fraction of sp³-hybridized carbons (Fsp3) is 0.190. The zero-order valence-corrected chi connectivity index (χ0v) is 13.4. The van der Waals surface area contributed by atoms with Crippen LogP contribution in [-0.4, -0.2) is 5.91 Å². The molecule has 0 saturated carbocycles. The molecule has 0 atom stereocenters. The van der Waals surface area contributed by atoms with E-state index in [2.05, 4.69) is 48.6 Å². The lowest BCUT2D eigenvalue weighted by molar-refractivity contribution is -0.116. The lowest BCUT2D eigenvalue weighted by Gasteiger charge is -2.10. The molecule has 116 valence electrons. The number of aryl methyl sites for hydroxylation is 2. The van der Waals surface area contributed by atoms with Crippen LogP contribution in [0.15, 0.2) is 66.7 Å². The fourth-order valence-corrected chi connectivity index (χ4v) is 2.92. The maximum Gasteiger partial charge on any atom is 0.224 e. The number of carbonyl (C=O) groups excluding carboxylic acids is 1. The van der Waals surface area contributed by atoms with Crippen LogP contribution in [0.3, 0.4) is 0 Å². The Morgan fingerprint density at radius 3 is 2.43 bits per heavy atom. The van der Waals surface area contributed by atoms with Gasteiger partial charge in [-0.3, -0.25) is 4.79 Å². The van der Waals surface area contributed by atoms with E-state index in [4.69, 9.17) is 0 Å². The Morgan fingerprint density at radius 2 is 1.57 bits per heavy atom. The second-order valence-electron chi connectivity index (χ2n) is 5.70. The molecule has 2 heteroatoms. The van der Waals surface area contributed by atoms with Crippen LogP contribution in [0.5, 0.6) is 0 Å². The summed E-state index contributed by atoms with van der Waals surface area (Å²) >= 11 is 0. The minimum Gasteiger partial charge on any atom is -0.326 e. The Kier molecular flexibility index (Phi) is 4.72. The van der Waals surface area contributed by atoms with Crippen LogP contribution in [0.25, 0.3) is 10.8 Å². The molecule has 0 saturated heterocycles. The number of carbonyl (C=O) groups is 1. The van der Waals surface area contributed by atoms with Gasteiger partial charge >= 0.3 is 0 Å². The maximum atomic E-state index is 12.3. The van der Waals surface area contributed by atoms with E-state index in [1.165, 1.54) is 21.9 Å². The molecule has 0 fully saturated rings. The molecule has 1 N–H and O–H groups in total. The number of nitrogens with one attached hydrogen (secondary N) is 1. The molecule has 0 aliphatic rings. The van der Waals surface area contributed by atoms with Crippen LogP contribution in [0.1, 0.15) is 24.5 Å². The van der Waals surface area contributed by atoms with Crippen LogP contribution in [0, 0.1) is 0 Å². The Morgan fingerprint density at radius 1 is 0.870 bits per heavy atom. The Bertz CT molecular complexity index is 817. The summed E-state index contributed by atoms with van der Waals surface area (Å²) in [6.07, 6.45) is 2.16. The van der Waals surface area contributed by atoms with Crippen molar-refractivity contribution in [2.24, 2.45) is 0 Å². The first-order chi connectivity index (χ1) is 11.3. The molecule has 0 aliphatic heterocycles. The van der Waals surface area contributed by atoms with E-state index in [1.54, 1.807) is 0 Å². The van der Waals surface area contributed by atoms with Crippen molar-refractivity contribution in [3.63, 3.8) is 0 Å². The SMILES string of the molecule is CCc1ccccc1NC(=O)CCc1cccc2ccccc12. The first-order valence-corrected chi connectivity index (χ1v) is 8.12. The molecule has 0 spiro atoms. The van der Waals surface area contributed by atoms with E-state index in [0.29, 0.717) is 6.42 Å². The molecule has 3 aromatic rings. The van der Waals surface area contributed by atoms with Crippen molar-refractivity contribution in [3.05, 3.63) is 77.9 Å². The molecule has 0 radical (unpaired) electrons. The van der Waals surface area contributed by atoms with Gasteiger partial charge in [0.15, 0.2) is 0 Å². The summed E-state index contributed by atoms with van der Waals surface area (Å²) in [5.41, 5.74) is 3.32. The molecule has 0 bridgehead atoms. The van der Waals surface area contributed by atoms with Crippen LogP contribution in [0.2, 0.25) is 0 Å². The highest BCUT2D eigenvalue weighted by Gasteiger charge is 2.07. The summed E-state index contributed by atoms with van der Waals surface area (Å²) in [5, 5.41) is 5.50. The van der Waals surface area contributed by atoms with Gasteiger partial charge in [0, 0.05) is 12.1 Å². The van der Waals surface area contributed by atoms with Gasteiger partial charge in [-0.2, -0.15) is 0 Å². The Hall–Kier alpha value is -2.61. The first-order valence-electron chi connectivity index (χ1n) is 8.12. The highest BCUT2D eigenvalue weighted by atomic mass is 16.1. The van der Waals surface area contributed by atoms with Crippen molar-refractivity contribution < 1.29 is 4.79 Å². The highest BCUT2D eigenvalue weighted by molar-refractivity contribution is 5.92. The maximum absolute atomic E-state index is 12.3. The molecule has 0 unspecified atom stereocenters. The van der Waals surface area contributed by atoms with Crippen LogP contribution < -0.4 is 5.32 Å². The van der Waals surface area contributed by atoms with Crippen molar-refractivity contribution in [2.75, 3.05) is 5.32 Å². The quantitative estimate of drug-likeness (QED) is 0.708. The second kappa shape index (κ2) is 7.10. The zero-order valence-electron chi connectivity index (χ0n) is 13.4. The first kappa shape index (κ1) is 15.3. The molecule has 3 aromatic carbocycles. The van der Waals surface area contributed by atoms with Crippen molar-refractivity contribution in [1.29, 1.82) is 0 Å². The summed E-state index contributed by atoms with van der Waals surface area (Å²) in [7, 11) is 0. The smallest absolute Gasteiger partial charge is 0.224 e. The van der Waals surface area contributed by atoms with E-state index in [1.807, 2.05) is 30.3 Å². The number of para-hydroxylation sites is 1. The van der Waals surface area contributed by atoms with Gasteiger partial charge in [0.05, 0.1) is 0 Å². The monoisotopic (exact) mass is 303 g/mol. The minimum absolute atomic E-state index is 0.0684. The number of amides is 1. The predicted molar refractivity (Wildman–Crippen MR) is 96.7 cm³/mol. The average Bonchev–Trinajstić information content (AvgIpc) is 2.60. The lowest BCUT2D eigenvalue weighted by atomic mass is 10.0. The molecular weight excluding hydrogens is 282 g/mol. The normalized spacial score (nSPS) is 10.7. The molecule has 1 amide bonds. The van der Waals surface area contributed by atoms with Gasteiger partial charge < -0.3 is 5.32 Å². The van der Waals surface area contributed by atoms with Gasteiger partial charge in [0.2, 0.25) is 5.91 Å². The number of benzene rings is 3. The zero-order chi connectivity index (χ0) is 16.1. The van der Waals surface area contributed by atoms with E-state index in [-0.39, 0.29) is 5.91 Å². The average molecular weight is 303 g/mol. The van der Waals surface area contributed by atoms with Crippen molar-refractivity contribution in [2.45, 2.75) is 26.2 Å². The van der Waals surface area contributed by atoms with E-state index in [0.717, 1.165) is 18.5 Å². The predicted octanol–water partition coefficient (Wildman–Crippen LogP) is 4.97. The summed E-state index contributed by atoms with van der Waals surface area (Å²) in [6, 6.07) is 22.6. The van der Waals surface area contributed by atoms with E-state index >= 15 is 0 Å². The molecule has 0 aromatic heterocycles. The summed E-state index contributed by atoms with van der Waals surface area (Å²) in [4.78, 5) is 12.3. The van der Waals surface area contributed by atoms with Gasteiger partial charge in [-0.15, -0.1) is 0 Å². The topological polar surface area (TPSA) is 29.1 Å². The number of anilines is 1. The van der Waals surface area contributed by atoms with Crippen molar-refractivity contribution in [1.82, 2.24) is 0 Å². The van der Waals surface area contributed by atoms with Crippen molar-refractivity contribution >= 4 is 22.4 Å². The molecule has 2 nitrogen and oxygen atoms in total. The molecule has 3 rings (SSSR count). The van der Waals surface area contributed by atoms with E-state index in [9.17, 15) is 4.79 Å². The Balaban J connectivity index is 1.69. The third kappa shape index (κ3) is 3.59. The largest absolute Gasteiger partial charge is 0.326 e. The number of hydrogen-bond acceptors (Lipinski definition) is 1. The summed E-state index contributed by atoms with van der Waals surface area (Å²) in [5.74, 6) is 0.0684. The van der Waals surface area contributed by atoms with Gasteiger partial charge in [-0.1, -0.05) is 67.6 Å². The molecule has 0 aliphatic carbocycles. The highest BCUT2D eigenvalue weighted by Crippen LogP contribution is 2.20. The molecular formula is C21H21NO. The van der Waals surface area contributed by atoms with E-state index < -0.39 is 0 Å². The standard InChI is InChI=1S/C21H21NO/c1-2-16-8-4-6-13-20(16)22-21(23)15-14-18-11-7-10-17-9-3-5-12-19(17)18/h3-13H,2,14-15H2,1H3,(H,22,23). The summed E-state index contributed by atoms with van der Waals surface area (Å²) < 4.78 is 0. The lowest BCUT2D eigenvalue weighted by Crippen LogP contribution is -2.13. The summed E-state index contributed by atoms with van der Waals surface area (Å²) in [6.45, 7) is 2.10. The Labute approximate surface area is 137 Å². The van der Waals surface area contributed by atoms with Gasteiger partial charge in [0.1, 0.15) is 0 Å². The molecule has 0 heterocycles.